The molecule has 1 aliphatic rings. The fourth-order valence-electron chi connectivity index (χ4n) is 0.843. The fourth-order valence-corrected chi connectivity index (χ4v) is 0.995. The van der Waals surface area contributed by atoms with E-state index in [9.17, 15) is 0 Å². The molecule has 3 nitrogen and oxygen atoms in total. The highest BCUT2D eigenvalue weighted by Crippen LogP contribution is 2.00. The van der Waals surface area contributed by atoms with Crippen molar-refractivity contribution in [2.24, 2.45) is 5.73 Å². The molecule has 0 amide bonds. The van der Waals surface area contributed by atoms with Gasteiger partial charge in [-0.15, -0.1) is 0 Å². The lowest BCUT2D eigenvalue weighted by Crippen LogP contribution is -2.32. The van der Waals surface area contributed by atoms with E-state index in [-0.39, 0.29) is 0 Å². The first kappa shape index (κ1) is 13.7. The summed E-state index contributed by atoms with van der Waals surface area (Å²) in [5.74, 6) is 0. The van der Waals surface area contributed by atoms with Gasteiger partial charge in [0, 0.05) is 13.1 Å². The van der Waals surface area contributed by atoms with Gasteiger partial charge in [0.1, 0.15) is 0 Å². The standard InChI is InChI=1S/C5H8BrN.C5H11NO/c1-5(6)3-2-4-7;1-6-2-4-7-5-3-6/h2-4H,7H2,1H3;2-5H2,1H3/b4-2-,5-3+;. The van der Waals surface area contributed by atoms with E-state index in [0.29, 0.717) is 0 Å². The van der Waals surface area contributed by atoms with Crippen LogP contribution in [0.1, 0.15) is 6.92 Å². The van der Waals surface area contributed by atoms with Gasteiger partial charge in [0.15, 0.2) is 0 Å². The van der Waals surface area contributed by atoms with Gasteiger partial charge in [0.25, 0.3) is 0 Å². The Morgan fingerprint density at radius 1 is 1.43 bits per heavy atom. The van der Waals surface area contributed by atoms with Crippen molar-refractivity contribution < 1.29 is 4.74 Å². The Labute approximate surface area is 94.7 Å². The first-order valence-corrected chi connectivity index (χ1v) is 5.43. The van der Waals surface area contributed by atoms with Crippen LogP contribution in [0.15, 0.2) is 22.8 Å². The van der Waals surface area contributed by atoms with Crippen molar-refractivity contribution in [2.45, 2.75) is 6.92 Å². The van der Waals surface area contributed by atoms with E-state index in [0.717, 1.165) is 30.8 Å². The summed E-state index contributed by atoms with van der Waals surface area (Å²) in [6, 6.07) is 0. The lowest BCUT2D eigenvalue weighted by Gasteiger charge is -2.21. The molecule has 1 fully saturated rings. The number of halogens is 1. The highest BCUT2D eigenvalue weighted by atomic mass is 79.9. The van der Waals surface area contributed by atoms with Gasteiger partial charge in [-0.25, -0.2) is 0 Å². The van der Waals surface area contributed by atoms with Crippen molar-refractivity contribution in [1.29, 1.82) is 0 Å². The molecule has 2 N–H and O–H groups in total. The summed E-state index contributed by atoms with van der Waals surface area (Å²) in [6.45, 7) is 5.97. The molecule has 0 saturated carbocycles. The molecule has 82 valence electrons. The summed E-state index contributed by atoms with van der Waals surface area (Å²) in [5, 5.41) is 0. The summed E-state index contributed by atoms with van der Waals surface area (Å²) in [7, 11) is 2.11. The third kappa shape index (κ3) is 9.77. The molecule has 0 spiro atoms. The van der Waals surface area contributed by atoms with Crippen molar-refractivity contribution >= 4 is 15.9 Å². The summed E-state index contributed by atoms with van der Waals surface area (Å²) in [4.78, 5) is 2.27. The highest BCUT2D eigenvalue weighted by molar-refractivity contribution is 9.11. The molecule has 0 radical (unpaired) electrons. The fraction of sp³-hybridized carbons (Fsp3) is 0.600. The first-order valence-electron chi connectivity index (χ1n) is 4.63. The van der Waals surface area contributed by atoms with Crippen LogP contribution >= 0.6 is 15.9 Å². The Kier molecular flexibility index (Phi) is 9.03. The van der Waals surface area contributed by atoms with Gasteiger partial charge in [-0.1, -0.05) is 22.0 Å². The Bertz CT molecular complexity index is 183. The normalized spacial score (nSPS) is 19.2. The van der Waals surface area contributed by atoms with E-state index in [4.69, 9.17) is 10.5 Å². The second-order valence-corrected chi connectivity index (χ2v) is 4.30. The van der Waals surface area contributed by atoms with Crippen LogP contribution in [-0.2, 0) is 4.74 Å². The number of nitrogens with zero attached hydrogens (tertiary/aromatic N) is 1. The van der Waals surface area contributed by atoms with E-state index in [1.807, 2.05) is 13.0 Å². The quantitative estimate of drug-likeness (QED) is 0.732. The zero-order chi connectivity index (χ0) is 10.8. The number of hydrogen-bond acceptors (Lipinski definition) is 3. The maximum absolute atomic E-state index is 5.10. The molecule has 0 aromatic heterocycles. The predicted molar refractivity (Wildman–Crippen MR) is 64.3 cm³/mol. The van der Waals surface area contributed by atoms with E-state index >= 15 is 0 Å². The molecule has 14 heavy (non-hydrogen) atoms. The van der Waals surface area contributed by atoms with Gasteiger partial charge in [-0.2, -0.15) is 0 Å². The minimum atomic E-state index is 0.913. The average molecular weight is 263 g/mol. The highest BCUT2D eigenvalue weighted by Gasteiger charge is 2.02. The minimum absolute atomic E-state index is 0.913. The van der Waals surface area contributed by atoms with Gasteiger partial charge < -0.3 is 15.4 Å². The molecule has 0 aromatic carbocycles. The van der Waals surface area contributed by atoms with Crippen LogP contribution in [0.4, 0.5) is 0 Å². The summed E-state index contributed by atoms with van der Waals surface area (Å²) >= 11 is 3.23. The van der Waals surface area contributed by atoms with E-state index in [1.165, 1.54) is 6.20 Å². The number of hydrogen-bond donors (Lipinski definition) is 1. The zero-order valence-corrected chi connectivity index (χ0v) is 10.5. The van der Waals surface area contributed by atoms with Crippen LogP contribution in [0, 0.1) is 0 Å². The third-order valence-electron chi connectivity index (χ3n) is 1.67. The smallest absolute Gasteiger partial charge is 0.0594 e. The van der Waals surface area contributed by atoms with Crippen LogP contribution in [-0.4, -0.2) is 38.3 Å². The lowest BCUT2D eigenvalue weighted by molar-refractivity contribution is 0.0503. The number of nitrogens with two attached hydrogens (primary N) is 1. The van der Waals surface area contributed by atoms with E-state index < -0.39 is 0 Å². The Balaban J connectivity index is 0.000000241. The number of allylic oxidation sites excluding steroid dienone is 3. The van der Waals surface area contributed by atoms with E-state index in [2.05, 4.69) is 27.9 Å². The average Bonchev–Trinajstić information content (AvgIpc) is 2.17. The van der Waals surface area contributed by atoms with Crippen LogP contribution < -0.4 is 5.73 Å². The van der Waals surface area contributed by atoms with Gasteiger partial charge in [0.2, 0.25) is 0 Å². The predicted octanol–water partition coefficient (Wildman–Crippen LogP) is 1.71. The monoisotopic (exact) mass is 262 g/mol. The Morgan fingerprint density at radius 3 is 2.21 bits per heavy atom. The lowest BCUT2D eigenvalue weighted by atomic mass is 10.5. The van der Waals surface area contributed by atoms with Crippen LogP contribution in [0.5, 0.6) is 0 Å². The third-order valence-corrected chi connectivity index (χ3v) is 1.94. The molecule has 1 aliphatic heterocycles. The first-order chi connectivity index (χ1) is 6.66. The SMILES string of the molecule is C/C(Br)=C\C=C/N.CN1CCOCC1. The van der Waals surface area contributed by atoms with Crippen LogP contribution in [0.25, 0.3) is 0 Å². The zero-order valence-electron chi connectivity index (χ0n) is 8.87. The molecule has 1 rings (SSSR count). The molecule has 1 heterocycles. The molecular weight excluding hydrogens is 244 g/mol. The summed E-state index contributed by atoms with van der Waals surface area (Å²) < 4.78 is 6.18. The maximum atomic E-state index is 5.10. The second-order valence-electron chi connectivity index (χ2n) is 3.05. The number of likely N-dealkylation sites (N-methyl/N-ethyl adjacent to an activating group) is 1. The largest absolute Gasteiger partial charge is 0.405 e. The van der Waals surface area contributed by atoms with Crippen molar-refractivity contribution in [3.63, 3.8) is 0 Å². The Hall–Kier alpha value is -0.320. The number of rotatable bonds is 1. The summed E-state index contributed by atoms with van der Waals surface area (Å²) in [6.07, 6.45) is 5.13. The molecule has 0 unspecified atom stereocenters. The van der Waals surface area contributed by atoms with Crippen molar-refractivity contribution in [3.05, 3.63) is 22.8 Å². The minimum Gasteiger partial charge on any atom is -0.405 e. The number of ether oxygens (including phenoxy) is 1. The molecule has 0 aliphatic carbocycles. The molecule has 0 atom stereocenters. The topological polar surface area (TPSA) is 38.5 Å². The van der Waals surface area contributed by atoms with Crippen LogP contribution in [0.2, 0.25) is 0 Å². The molecule has 1 saturated heterocycles. The summed E-state index contributed by atoms with van der Waals surface area (Å²) in [5.41, 5.74) is 5.03. The second kappa shape index (κ2) is 9.24. The van der Waals surface area contributed by atoms with E-state index in [1.54, 1.807) is 6.08 Å². The van der Waals surface area contributed by atoms with Crippen molar-refractivity contribution in [2.75, 3.05) is 33.4 Å². The van der Waals surface area contributed by atoms with Gasteiger partial charge >= 0.3 is 0 Å². The Morgan fingerprint density at radius 2 is 2.00 bits per heavy atom. The van der Waals surface area contributed by atoms with Crippen molar-refractivity contribution in [1.82, 2.24) is 4.90 Å². The van der Waals surface area contributed by atoms with Crippen molar-refractivity contribution in [3.8, 4) is 0 Å². The van der Waals surface area contributed by atoms with Gasteiger partial charge in [-0.3, -0.25) is 0 Å². The number of morpholine rings is 1. The van der Waals surface area contributed by atoms with Crippen LogP contribution in [0.3, 0.4) is 0 Å². The molecule has 0 bridgehead atoms. The maximum Gasteiger partial charge on any atom is 0.0594 e. The molecular formula is C10H19BrN2O. The van der Waals surface area contributed by atoms with Gasteiger partial charge in [-0.05, 0) is 30.7 Å². The molecule has 4 heteroatoms. The van der Waals surface area contributed by atoms with Gasteiger partial charge in [0.05, 0.1) is 13.2 Å². The molecule has 0 aromatic rings.